The van der Waals surface area contributed by atoms with Gasteiger partial charge >= 0.3 is 5.97 Å². The Labute approximate surface area is 161 Å². The predicted molar refractivity (Wildman–Crippen MR) is 101 cm³/mol. The van der Waals surface area contributed by atoms with Crippen molar-refractivity contribution < 1.29 is 28.9 Å². The maximum atomic E-state index is 12.2. The Morgan fingerprint density at radius 3 is 2.37 bits per heavy atom. The Bertz CT molecular complexity index is 824. The van der Waals surface area contributed by atoms with E-state index in [1.165, 1.54) is 12.1 Å². The van der Waals surface area contributed by atoms with Crippen LogP contribution in [0.5, 0.6) is 17.2 Å². The van der Waals surface area contributed by atoms with Crippen molar-refractivity contribution in [3.8, 4) is 17.2 Å². The number of anilines is 1. The number of carboxylic acids is 1. The Morgan fingerprint density at radius 2 is 1.74 bits per heavy atom. The first kappa shape index (κ1) is 20.4. The average molecular weight is 394 g/mol. The summed E-state index contributed by atoms with van der Waals surface area (Å²) in [4.78, 5) is 22.7. The first-order valence-electron chi connectivity index (χ1n) is 8.08. The lowest BCUT2D eigenvalue weighted by molar-refractivity contribution is -0.139. The number of rotatable bonds is 9. The molecule has 2 N–H and O–H groups in total. The van der Waals surface area contributed by atoms with Crippen molar-refractivity contribution in [1.29, 1.82) is 0 Å². The fourth-order valence-corrected chi connectivity index (χ4v) is 2.59. The molecule has 0 radical (unpaired) electrons. The van der Waals surface area contributed by atoms with Gasteiger partial charge in [-0.3, -0.25) is 4.79 Å². The van der Waals surface area contributed by atoms with Gasteiger partial charge in [-0.15, -0.1) is 0 Å². The molecule has 0 saturated carbocycles. The van der Waals surface area contributed by atoms with Gasteiger partial charge in [-0.25, -0.2) is 4.79 Å². The lowest BCUT2D eigenvalue weighted by atomic mass is 10.1. The molecule has 144 valence electrons. The lowest BCUT2D eigenvalue weighted by Crippen LogP contribution is -2.13. The number of benzene rings is 2. The number of hydrogen-bond acceptors (Lipinski definition) is 5. The third-order valence-corrected chi connectivity index (χ3v) is 3.95. The highest BCUT2D eigenvalue weighted by Crippen LogP contribution is 2.29. The van der Waals surface area contributed by atoms with Crippen molar-refractivity contribution in [3.63, 3.8) is 0 Å². The highest BCUT2D eigenvalue weighted by molar-refractivity contribution is 6.32. The average Bonchev–Trinajstić information content (AvgIpc) is 2.65. The highest BCUT2D eigenvalue weighted by Gasteiger charge is 2.09. The van der Waals surface area contributed by atoms with Gasteiger partial charge in [0, 0.05) is 12.1 Å². The minimum Gasteiger partial charge on any atom is -0.493 e. The van der Waals surface area contributed by atoms with Crippen molar-refractivity contribution in [1.82, 2.24) is 0 Å². The second kappa shape index (κ2) is 9.68. The van der Waals surface area contributed by atoms with Gasteiger partial charge in [-0.05, 0) is 42.3 Å². The highest BCUT2D eigenvalue weighted by atomic mass is 35.5. The third-order valence-electron chi connectivity index (χ3n) is 3.66. The summed E-state index contributed by atoms with van der Waals surface area (Å²) in [5.41, 5.74) is 1.44. The van der Waals surface area contributed by atoms with Crippen molar-refractivity contribution in [2.45, 2.75) is 12.8 Å². The van der Waals surface area contributed by atoms with Crippen molar-refractivity contribution >= 4 is 29.2 Å². The predicted octanol–water partition coefficient (Wildman–Crippen LogP) is 3.39. The first-order valence-corrected chi connectivity index (χ1v) is 8.45. The van der Waals surface area contributed by atoms with Crippen LogP contribution in [0.3, 0.4) is 0 Å². The van der Waals surface area contributed by atoms with Crippen LogP contribution in [0.2, 0.25) is 5.02 Å². The van der Waals surface area contributed by atoms with Crippen LogP contribution in [0.15, 0.2) is 36.4 Å². The zero-order valence-electron chi connectivity index (χ0n) is 15.0. The molecule has 2 aromatic rings. The number of aryl methyl sites for hydroxylation is 1. The molecule has 1 amide bonds. The molecule has 0 unspecified atom stereocenters. The molecule has 2 aromatic carbocycles. The van der Waals surface area contributed by atoms with E-state index < -0.39 is 12.6 Å². The number of ether oxygens (including phenoxy) is 3. The number of carboxylic acid groups (broad SMARTS) is 1. The molecule has 0 aliphatic carbocycles. The number of aliphatic carboxylic acids is 1. The van der Waals surface area contributed by atoms with Crippen molar-refractivity contribution in [3.05, 3.63) is 47.0 Å². The van der Waals surface area contributed by atoms with Gasteiger partial charge in [0.25, 0.3) is 0 Å². The van der Waals surface area contributed by atoms with Gasteiger partial charge in [0.1, 0.15) is 5.75 Å². The van der Waals surface area contributed by atoms with Gasteiger partial charge in [-0.2, -0.15) is 0 Å². The molecule has 0 aliphatic rings. The summed E-state index contributed by atoms with van der Waals surface area (Å²) in [5.74, 6) is 0.200. The molecule has 2 rings (SSSR count). The van der Waals surface area contributed by atoms with E-state index in [0.29, 0.717) is 23.6 Å². The summed E-state index contributed by atoms with van der Waals surface area (Å²) < 4.78 is 15.5. The summed E-state index contributed by atoms with van der Waals surface area (Å²) >= 11 is 6.04. The Balaban J connectivity index is 1.92. The van der Waals surface area contributed by atoms with Crippen LogP contribution in [0.4, 0.5) is 5.69 Å². The van der Waals surface area contributed by atoms with Crippen LogP contribution in [-0.2, 0) is 16.0 Å². The van der Waals surface area contributed by atoms with Crippen LogP contribution in [-0.4, -0.2) is 37.8 Å². The van der Waals surface area contributed by atoms with E-state index in [1.807, 2.05) is 12.1 Å². The minimum absolute atomic E-state index is 0.181. The Hall–Kier alpha value is -2.93. The third kappa shape index (κ3) is 6.07. The van der Waals surface area contributed by atoms with Crippen LogP contribution in [0.25, 0.3) is 0 Å². The maximum absolute atomic E-state index is 12.2. The zero-order valence-corrected chi connectivity index (χ0v) is 15.7. The van der Waals surface area contributed by atoms with E-state index in [-0.39, 0.29) is 23.1 Å². The molecule has 8 heteroatoms. The number of hydrogen-bond donors (Lipinski definition) is 2. The Morgan fingerprint density at radius 1 is 1.04 bits per heavy atom. The summed E-state index contributed by atoms with van der Waals surface area (Å²) in [6.07, 6.45) is 0.796. The molecule has 0 atom stereocenters. The Kier molecular flexibility index (Phi) is 7.31. The molecule has 27 heavy (non-hydrogen) atoms. The van der Waals surface area contributed by atoms with E-state index in [0.717, 1.165) is 5.56 Å². The maximum Gasteiger partial charge on any atom is 0.341 e. The largest absolute Gasteiger partial charge is 0.493 e. The molecule has 0 saturated heterocycles. The van der Waals surface area contributed by atoms with Crippen LogP contribution < -0.4 is 19.5 Å². The second-order valence-corrected chi connectivity index (χ2v) is 5.97. The normalized spacial score (nSPS) is 10.2. The van der Waals surface area contributed by atoms with Crippen LogP contribution in [0.1, 0.15) is 12.0 Å². The number of carbonyl (C=O) groups is 2. The molecule has 7 nitrogen and oxygen atoms in total. The standard InChI is InChI=1S/C19H20ClNO6/c1-25-16-6-3-12(9-17(16)26-2)4-8-18(22)21-13-5-7-15(14(20)10-13)27-11-19(23)24/h3,5-7,9-10H,4,8,11H2,1-2H3,(H,21,22)(H,23,24). The molecule has 0 spiro atoms. The van der Waals surface area contributed by atoms with Crippen molar-refractivity contribution in [2.24, 2.45) is 0 Å². The van der Waals surface area contributed by atoms with E-state index >= 15 is 0 Å². The van der Waals surface area contributed by atoms with Crippen molar-refractivity contribution in [2.75, 3.05) is 26.1 Å². The van der Waals surface area contributed by atoms with Gasteiger partial charge < -0.3 is 24.6 Å². The summed E-state index contributed by atoms with van der Waals surface area (Å²) in [7, 11) is 3.12. The van der Waals surface area contributed by atoms with Gasteiger partial charge in [-0.1, -0.05) is 17.7 Å². The van der Waals surface area contributed by atoms with Gasteiger partial charge in [0.2, 0.25) is 5.91 Å². The fourth-order valence-electron chi connectivity index (χ4n) is 2.35. The first-order chi connectivity index (χ1) is 12.9. The molecule has 0 heterocycles. The van der Waals surface area contributed by atoms with E-state index in [9.17, 15) is 9.59 Å². The molecular formula is C19H20ClNO6. The van der Waals surface area contributed by atoms with E-state index in [1.54, 1.807) is 26.4 Å². The number of nitrogens with one attached hydrogen (secondary N) is 1. The zero-order chi connectivity index (χ0) is 19.8. The molecule has 0 fully saturated rings. The summed E-state index contributed by atoms with van der Waals surface area (Å²) in [6, 6.07) is 10.1. The number of amides is 1. The SMILES string of the molecule is COc1ccc(CCC(=O)Nc2ccc(OCC(=O)O)c(Cl)c2)cc1OC. The smallest absolute Gasteiger partial charge is 0.341 e. The summed E-state index contributed by atoms with van der Waals surface area (Å²) in [5, 5.41) is 11.6. The second-order valence-electron chi connectivity index (χ2n) is 5.57. The van der Waals surface area contributed by atoms with Gasteiger partial charge in [0.15, 0.2) is 18.1 Å². The van der Waals surface area contributed by atoms with E-state index in [2.05, 4.69) is 5.32 Å². The number of methoxy groups -OCH3 is 2. The topological polar surface area (TPSA) is 94.1 Å². The monoisotopic (exact) mass is 393 g/mol. The van der Waals surface area contributed by atoms with E-state index in [4.69, 9.17) is 30.9 Å². The summed E-state index contributed by atoms with van der Waals surface area (Å²) in [6.45, 7) is -0.489. The molecular weight excluding hydrogens is 374 g/mol. The molecule has 0 aliphatic heterocycles. The molecule has 0 aromatic heterocycles. The number of carbonyl (C=O) groups excluding carboxylic acids is 1. The quantitative estimate of drug-likeness (QED) is 0.678. The van der Waals surface area contributed by atoms with Crippen LogP contribution >= 0.6 is 11.6 Å². The fraction of sp³-hybridized carbons (Fsp3) is 0.263. The lowest BCUT2D eigenvalue weighted by Gasteiger charge is -2.11. The van der Waals surface area contributed by atoms with Crippen LogP contribution in [0, 0.1) is 0 Å². The number of halogens is 1. The molecule has 0 bridgehead atoms. The van der Waals surface area contributed by atoms with Gasteiger partial charge in [0.05, 0.1) is 19.2 Å². The minimum atomic E-state index is -1.10.